The van der Waals surface area contributed by atoms with Gasteiger partial charge in [0.1, 0.15) is 0 Å². The second-order valence-corrected chi connectivity index (χ2v) is 6.89. The van der Waals surface area contributed by atoms with Crippen molar-refractivity contribution in [3.63, 3.8) is 0 Å². The maximum absolute atomic E-state index is 11.3. The molecule has 1 aliphatic rings. The molecule has 0 aliphatic carbocycles. The van der Waals surface area contributed by atoms with Crippen LogP contribution in [0.1, 0.15) is 38.2 Å². The first kappa shape index (κ1) is 20.9. The molecule has 29 heavy (non-hydrogen) atoms. The fraction of sp³-hybridized carbons (Fsp3) is 0.476. The third kappa shape index (κ3) is 5.57. The number of aromatic nitrogens is 2. The maximum atomic E-state index is 11.3. The molecule has 1 unspecified atom stereocenters. The van der Waals surface area contributed by atoms with E-state index in [9.17, 15) is 9.90 Å². The average Bonchev–Trinajstić information content (AvgIpc) is 2.74. The molecule has 1 aromatic carbocycles. The molecule has 1 aliphatic heterocycles. The van der Waals surface area contributed by atoms with Crippen LogP contribution in [-0.4, -0.2) is 54.0 Å². The number of carboxylic acid groups (broad SMARTS) is 1. The lowest BCUT2D eigenvalue weighted by atomic mass is 9.92. The van der Waals surface area contributed by atoms with Gasteiger partial charge in [-0.25, -0.2) is 9.97 Å². The first-order valence-electron chi connectivity index (χ1n) is 10.0. The molecule has 156 valence electrons. The lowest BCUT2D eigenvalue weighted by Gasteiger charge is -2.31. The average molecular weight is 400 g/mol. The molecule has 2 N–H and O–H groups in total. The number of anilines is 3. The Labute approximate surface area is 170 Å². The van der Waals surface area contributed by atoms with E-state index in [1.807, 2.05) is 26.0 Å². The number of aliphatic carboxylic acids is 1. The van der Waals surface area contributed by atoms with Gasteiger partial charge in [0.2, 0.25) is 0 Å². The molecule has 0 bridgehead atoms. The van der Waals surface area contributed by atoms with E-state index in [0.717, 1.165) is 42.1 Å². The van der Waals surface area contributed by atoms with Gasteiger partial charge in [0.15, 0.2) is 0 Å². The SMILES string of the molecule is CCOc1ncc(Nc2cc(C(CC)CC(=O)O)ccc2N2CCOCC2)cn1. The van der Waals surface area contributed by atoms with Gasteiger partial charge in [0.25, 0.3) is 0 Å². The van der Waals surface area contributed by atoms with E-state index >= 15 is 0 Å². The van der Waals surface area contributed by atoms with Crippen LogP contribution in [-0.2, 0) is 9.53 Å². The van der Waals surface area contributed by atoms with E-state index in [1.165, 1.54) is 0 Å². The molecule has 8 heteroatoms. The summed E-state index contributed by atoms with van der Waals surface area (Å²) in [5, 5.41) is 12.6. The summed E-state index contributed by atoms with van der Waals surface area (Å²) in [5.74, 6) is -0.827. The summed E-state index contributed by atoms with van der Waals surface area (Å²) in [6, 6.07) is 6.47. The topological polar surface area (TPSA) is 96.8 Å². The highest BCUT2D eigenvalue weighted by molar-refractivity contribution is 5.76. The predicted octanol–water partition coefficient (Wildman–Crippen LogP) is 3.42. The second kappa shape index (κ2) is 10.1. The Morgan fingerprint density at radius 2 is 2.00 bits per heavy atom. The molecule has 2 aromatic rings. The van der Waals surface area contributed by atoms with Crippen molar-refractivity contribution in [1.82, 2.24) is 9.97 Å². The third-order valence-corrected chi connectivity index (χ3v) is 4.94. The summed E-state index contributed by atoms with van der Waals surface area (Å²) >= 11 is 0. The Morgan fingerprint density at radius 1 is 1.28 bits per heavy atom. The Balaban J connectivity index is 1.90. The number of nitrogens with one attached hydrogen (secondary N) is 1. The largest absolute Gasteiger partial charge is 0.481 e. The predicted molar refractivity (Wildman–Crippen MR) is 111 cm³/mol. The number of hydrogen-bond acceptors (Lipinski definition) is 7. The molecule has 0 saturated carbocycles. The molecule has 2 heterocycles. The first-order chi connectivity index (χ1) is 14.1. The van der Waals surface area contributed by atoms with Gasteiger partial charge in [0, 0.05) is 13.1 Å². The van der Waals surface area contributed by atoms with Gasteiger partial charge < -0.3 is 24.8 Å². The van der Waals surface area contributed by atoms with Gasteiger partial charge in [-0.05, 0) is 37.0 Å². The maximum Gasteiger partial charge on any atom is 0.316 e. The monoisotopic (exact) mass is 400 g/mol. The van der Waals surface area contributed by atoms with Crippen LogP contribution in [0.5, 0.6) is 6.01 Å². The normalized spacial score (nSPS) is 15.0. The quantitative estimate of drug-likeness (QED) is 0.661. The van der Waals surface area contributed by atoms with E-state index in [-0.39, 0.29) is 12.3 Å². The lowest BCUT2D eigenvalue weighted by Crippen LogP contribution is -2.36. The van der Waals surface area contributed by atoms with Gasteiger partial charge in [0.05, 0.1) is 55.7 Å². The van der Waals surface area contributed by atoms with Crippen molar-refractivity contribution in [3.8, 4) is 6.01 Å². The molecule has 8 nitrogen and oxygen atoms in total. The van der Waals surface area contributed by atoms with Crippen molar-refractivity contribution >= 4 is 23.0 Å². The lowest BCUT2D eigenvalue weighted by molar-refractivity contribution is -0.137. The van der Waals surface area contributed by atoms with Crippen molar-refractivity contribution in [1.29, 1.82) is 0 Å². The molecule has 0 spiro atoms. The van der Waals surface area contributed by atoms with Gasteiger partial charge >= 0.3 is 12.0 Å². The van der Waals surface area contributed by atoms with Gasteiger partial charge in [-0.1, -0.05) is 13.0 Å². The zero-order chi connectivity index (χ0) is 20.6. The molecule has 1 aromatic heterocycles. The number of nitrogens with zero attached hydrogens (tertiary/aromatic N) is 3. The molecule has 1 atom stereocenters. The molecule has 1 saturated heterocycles. The van der Waals surface area contributed by atoms with E-state index < -0.39 is 5.97 Å². The van der Waals surface area contributed by atoms with E-state index in [4.69, 9.17) is 9.47 Å². The van der Waals surface area contributed by atoms with E-state index in [0.29, 0.717) is 25.8 Å². The van der Waals surface area contributed by atoms with Crippen molar-refractivity contribution in [2.45, 2.75) is 32.6 Å². The summed E-state index contributed by atoms with van der Waals surface area (Å²) < 4.78 is 10.8. The van der Waals surface area contributed by atoms with Crippen LogP contribution in [0.25, 0.3) is 0 Å². The first-order valence-corrected chi connectivity index (χ1v) is 10.0. The van der Waals surface area contributed by atoms with E-state index in [2.05, 4.69) is 26.3 Å². The fourth-order valence-electron chi connectivity index (χ4n) is 3.44. The number of carboxylic acids is 1. The van der Waals surface area contributed by atoms with Crippen LogP contribution in [0.2, 0.25) is 0 Å². The number of morpholine rings is 1. The van der Waals surface area contributed by atoms with Crippen LogP contribution >= 0.6 is 0 Å². The van der Waals surface area contributed by atoms with E-state index in [1.54, 1.807) is 12.4 Å². The standard InChI is InChI=1S/C21H28N4O4/c1-3-15(12-20(26)27)16-5-6-19(25-7-9-28-10-8-25)18(11-16)24-17-13-22-21(23-14-17)29-4-2/h5-6,11,13-15,24H,3-4,7-10,12H2,1-2H3,(H,26,27). The number of hydrogen-bond donors (Lipinski definition) is 2. The minimum Gasteiger partial charge on any atom is -0.481 e. The van der Waals surface area contributed by atoms with Crippen molar-refractivity contribution in [2.75, 3.05) is 43.1 Å². The smallest absolute Gasteiger partial charge is 0.316 e. The molecular formula is C21H28N4O4. The molecule has 0 amide bonds. The van der Waals surface area contributed by atoms with Crippen LogP contribution < -0.4 is 15.0 Å². The zero-order valence-electron chi connectivity index (χ0n) is 16.9. The van der Waals surface area contributed by atoms with Crippen molar-refractivity contribution < 1.29 is 19.4 Å². The summed E-state index contributed by atoms with van der Waals surface area (Å²) in [7, 11) is 0. The summed E-state index contributed by atoms with van der Waals surface area (Å²) in [5.41, 5.74) is 3.70. The van der Waals surface area contributed by atoms with Gasteiger partial charge in [-0.2, -0.15) is 0 Å². The Hall–Kier alpha value is -2.87. The highest BCUT2D eigenvalue weighted by Gasteiger charge is 2.19. The highest BCUT2D eigenvalue weighted by atomic mass is 16.5. The summed E-state index contributed by atoms with van der Waals surface area (Å²) in [6.07, 6.45) is 4.23. The number of benzene rings is 1. The van der Waals surface area contributed by atoms with Crippen molar-refractivity contribution in [3.05, 3.63) is 36.2 Å². The van der Waals surface area contributed by atoms with Crippen LogP contribution in [0, 0.1) is 0 Å². The highest BCUT2D eigenvalue weighted by Crippen LogP contribution is 2.34. The second-order valence-electron chi connectivity index (χ2n) is 6.89. The summed E-state index contributed by atoms with van der Waals surface area (Å²) in [4.78, 5) is 21.9. The zero-order valence-corrected chi connectivity index (χ0v) is 16.9. The summed E-state index contributed by atoms with van der Waals surface area (Å²) in [6.45, 7) is 7.39. The Bertz CT molecular complexity index is 807. The minimum atomic E-state index is -0.788. The van der Waals surface area contributed by atoms with Crippen LogP contribution in [0.4, 0.5) is 17.1 Å². The van der Waals surface area contributed by atoms with Crippen LogP contribution in [0.3, 0.4) is 0 Å². The Kier molecular flexibility index (Phi) is 7.24. The van der Waals surface area contributed by atoms with Gasteiger partial charge in [-0.3, -0.25) is 4.79 Å². The molecule has 1 fully saturated rings. The minimum absolute atomic E-state index is 0.0385. The Morgan fingerprint density at radius 3 is 2.62 bits per heavy atom. The van der Waals surface area contributed by atoms with Gasteiger partial charge in [-0.15, -0.1) is 0 Å². The third-order valence-electron chi connectivity index (χ3n) is 4.94. The number of ether oxygens (including phenoxy) is 2. The van der Waals surface area contributed by atoms with Crippen LogP contribution in [0.15, 0.2) is 30.6 Å². The fourth-order valence-corrected chi connectivity index (χ4v) is 3.44. The molecule has 3 rings (SSSR count). The number of rotatable bonds is 9. The molecule has 0 radical (unpaired) electrons. The van der Waals surface area contributed by atoms with Crippen molar-refractivity contribution in [2.24, 2.45) is 0 Å². The number of carbonyl (C=O) groups is 1. The molecular weight excluding hydrogens is 372 g/mol.